The first kappa shape index (κ1) is 14.0. The highest BCUT2D eigenvalue weighted by Gasteiger charge is 2.39. The molecule has 104 valence electrons. The van der Waals surface area contributed by atoms with Gasteiger partial charge in [-0.3, -0.25) is 9.78 Å². The number of nitrogens with zero attached hydrogens (tertiary/aromatic N) is 2. The zero-order chi connectivity index (χ0) is 14.0. The Labute approximate surface area is 115 Å². The third-order valence-corrected chi connectivity index (χ3v) is 3.73. The van der Waals surface area contributed by atoms with E-state index in [0.29, 0.717) is 6.04 Å². The van der Waals surface area contributed by atoms with Crippen molar-refractivity contribution in [2.45, 2.75) is 51.7 Å². The zero-order valence-corrected chi connectivity index (χ0v) is 11.9. The van der Waals surface area contributed by atoms with Crippen molar-refractivity contribution < 1.29 is 4.79 Å². The summed E-state index contributed by atoms with van der Waals surface area (Å²) in [6.45, 7) is 6.00. The van der Waals surface area contributed by atoms with Gasteiger partial charge in [0.25, 0.3) is 0 Å². The average Bonchev–Trinajstić information content (AvgIpc) is 3.23. The van der Waals surface area contributed by atoms with Gasteiger partial charge in [-0.15, -0.1) is 0 Å². The number of carbonyl (C=O) groups is 1. The molecule has 2 N–H and O–H groups in total. The summed E-state index contributed by atoms with van der Waals surface area (Å²) in [4.78, 5) is 18.9. The molecule has 1 aliphatic carbocycles. The molecule has 1 aromatic rings. The second-order valence-corrected chi connectivity index (χ2v) is 5.68. The fraction of sp³-hybridized carbons (Fsp3) is 0.600. The van der Waals surface area contributed by atoms with Gasteiger partial charge in [0.2, 0.25) is 5.91 Å². The van der Waals surface area contributed by atoms with Crippen LogP contribution < -0.4 is 5.73 Å². The molecule has 1 aromatic heterocycles. The van der Waals surface area contributed by atoms with Crippen LogP contribution in [-0.4, -0.2) is 27.9 Å². The Morgan fingerprint density at radius 1 is 1.37 bits per heavy atom. The number of rotatable bonds is 5. The van der Waals surface area contributed by atoms with E-state index < -0.39 is 6.04 Å². The number of hydrogen-bond acceptors (Lipinski definition) is 3. The molecule has 19 heavy (non-hydrogen) atoms. The summed E-state index contributed by atoms with van der Waals surface area (Å²) < 4.78 is 0. The van der Waals surface area contributed by atoms with Crippen LogP contribution in [0.3, 0.4) is 0 Å². The largest absolute Gasteiger partial charge is 0.330 e. The van der Waals surface area contributed by atoms with E-state index in [2.05, 4.69) is 4.98 Å². The standard InChI is InChI=1S/C15H23N3O/c1-10(2)14(16)15(19)18(12-7-8-12)11(3)13-6-4-5-9-17-13/h4-6,9-12,14H,7-8,16H2,1-3H3. The van der Waals surface area contributed by atoms with Crippen LogP contribution in [0.5, 0.6) is 0 Å². The van der Waals surface area contributed by atoms with Crippen molar-refractivity contribution in [1.29, 1.82) is 0 Å². The highest BCUT2D eigenvalue weighted by molar-refractivity contribution is 5.83. The van der Waals surface area contributed by atoms with E-state index in [1.165, 1.54) is 0 Å². The van der Waals surface area contributed by atoms with Gasteiger partial charge in [0.1, 0.15) is 0 Å². The summed E-state index contributed by atoms with van der Waals surface area (Å²) >= 11 is 0. The van der Waals surface area contributed by atoms with Crippen LogP contribution in [0.2, 0.25) is 0 Å². The Morgan fingerprint density at radius 2 is 2.05 bits per heavy atom. The molecular weight excluding hydrogens is 238 g/mol. The maximum atomic E-state index is 12.6. The van der Waals surface area contributed by atoms with Gasteiger partial charge in [0.15, 0.2) is 0 Å². The molecule has 2 atom stereocenters. The van der Waals surface area contributed by atoms with Gasteiger partial charge in [-0.05, 0) is 37.8 Å². The highest BCUT2D eigenvalue weighted by atomic mass is 16.2. The van der Waals surface area contributed by atoms with Crippen molar-refractivity contribution in [1.82, 2.24) is 9.88 Å². The number of amides is 1. The molecule has 0 aromatic carbocycles. The zero-order valence-electron chi connectivity index (χ0n) is 11.9. The number of aromatic nitrogens is 1. The smallest absolute Gasteiger partial charge is 0.240 e. The molecule has 2 unspecified atom stereocenters. The molecular formula is C15H23N3O. The fourth-order valence-corrected chi connectivity index (χ4v) is 2.26. The normalized spacial score (nSPS) is 18.2. The number of nitrogens with two attached hydrogens (primary N) is 1. The minimum absolute atomic E-state index is 0.00833. The van der Waals surface area contributed by atoms with Gasteiger partial charge in [-0.1, -0.05) is 19.9 Å². The molecule has 0 radical (unpaired) electrons. The van der Waals surface area contributed by atoms with Gasteiger partial charge < -0.3 is 10.6 Å². The van der Waals surface area contributed by atoms with Crippen molar-refractivity contribution in [2.75, 3.05) is 0 Å². The first-order chi connectivity index (χ1) is 9.02. The summed E-state index contributed by atoms with van der Waals surface area (Å²) in [5.74, 6) is 0.209. The molecule has 0 aliphatic heterocycles. The molecule has 4 heteroatoms. The summed E-state index contributed by atoms with van der Waals surface area (Å²) in [5, 5.41) is 0. The highest BCUT2D eigenvalue weighted by Crippen LogP contribution is 2.34. The van der Waals surface area contributed by atoms with Crippen molar-refractivity contribution in [3.63, 3.8) is 0 Å². The SMILES string of the molecule is CC(C)C(N)C(=O)N(C1CC1)C(C)c1ccccn1. The van der Waals surface area contributed by atoms with E-state index in [4.69, 9.17) is 5.73 Å². The van der Waals surface area contributed by atoms with Gasteiger partial charge >= 0.3 is 0 Å². The average molecular weight is 261 g/mol. The Kier molecular flexibility index (Phi) is 4.20. The van der Waals surface area contributed by atoms with E-state index in [1.807, 2.05) is 43.9 Å². The van der Waals surface area contributed by atoms with Crippen LogP contribution in [0.15, 0.2) is 24.4 Å². The Morgan fingerprint density at radius 3 is 2.53 bits per heavy atom. The predicted molar refractivity (Wildman–Crippen MR) is 75.3 cm³/mol. The van der Waals surface area contributed by atoms with Crippen molar-refractivity contribution in [3.05, 3.63) is 30.1 Å². The lowest BCUT2D eigenvalue weighted by atomic mass is 10.0. The summed E-state index contributed by atoms with van der Waals surface area (Å²) in [6.07, 6.45) is 3.92. The minimum Gasteiger partial charge on any atom is -0.330 e. The molecule has 1 saturated carbocycles. The van der Waals surface area contributed by atoms with Crippen LogP contribution in [0, 0.1) is 5.92 Å². The first-order valence-electron chi connectivity index (χ1n) is 7.01. The maximum absolute atomic E-state index is 12.6. The molecule has 2 rings (SSSR count). The second-order valence-electron chi connectivity index (χ2n) is 5.68. The van der Waals surface area contributed by atoms with E-state index in [-0.39, 0.29) is 17.9 Å². The van der Waals surface area contributed by atoms with Crippen molar-refractivity contribution in [2.24, 2.45) is 11.7 Å². The predicted octanol–water partition coefficient (Wildman–Crippen LogP) is 2.12. The molecule has 1 amide bonds. The third-order valence-electron chi connectivity index (χ3n) is 3.73. The number of carbonyl (C=O) groups excluding carboxylic acids is 1. The van der Waals surface area contributed by atoms with Crippen LogP contribution in [0.25, 0.3) is 0 Å². The fourth-order valence-electron chi connectivity index (χ4n) is 2.26. The molecule has 1 fully saturated rings. The molecule has 1 heterocycles. The molecule has 1 aliphatic rings. The van der Waals surface area contributed by atoms with Gasteiger partial charge in [-0.2, -0.15) is 0 Å². The number of hydrogen-bond donors (Lipinski definition) is 1. The number of pyridine rings is 1. The van der Waals surface area contributed by atoms with Crippen LogP contribution in [0.1, 0.15) is 45.3 Å². The van der Waals surface area contributed by atoms with Crippen LogP contribution in [-0.2, 0) is 4.79 Å². The second kappa shape index (κ2) is 5.70. The summed E-state index contributed by atoms with van der Waals surface area (Å²) in [7, 11) is 0. The summed E-state index contributed by atoms with van der Waals surface area (Å²) in [5.41, 5.74) is 6.96. The van der Waals surface area contributed by atoms with E-state index in [0.717, 1.165) is 18.5 Å². The maximum Gasteiger partial charge on any atom is 0.240 e. The lowest BCUT2D eigenvalue weighted by Gasteiger charge is -2.32. The van der Waals surface area contributed by atoms with Gasteiger partial charge in [0.05, 0.1) is 17.8 Å². The first-order valence-corrected chi connectivity index (χ1v) is 7.01. The van der Waals surface area contributed by atoms with Gasteiger partial charge in [0, 0.05) is 12.2 Å². The molecule has 0 bridgehead atoms. The molecule has 0 saturated heterocycles. The van der Waals surface area contributed by atoms with Crippen molar-refractivity contribution >= 4 is 5.91 Å². The quantitative estimate of drug-likeness (QED) is 0.883. The van der Waals surface area contributed by atoms with Crippen LogP contribution >= 0.6 is 0 Å². The minimum atomic E-state index is -0.424. The topological polar surface area (TPSA) is 59.2 Å². The Hall–Kier alpha value is -1.42. The van der Waals surface area contributed by atoms with Crippen molar-refractivity contribution in [3.8, 4) is 0 Å². The molecule has 4 nitrogen and oxygen atoms in total. The Bertz CT molecular complexity index is 428. The van der Waals surface area contributed by atoms with E-state index in [1.54, 1.807) is 6.20 Å². The lowest BCUT2D eigenvalue weighted by Crippen LogP contribution is -2.48. The van der Waals surface area contributed by atoms with Gasteiger partial charge in [-0.25, -0.2) is 0 Å². The van der Waals surface area contributed by atoms with Crippen LogP contribution in [0.4, 0.5) is 0 Å². The Balaban J connectivity index is 2.19. The van der Waals surface area contributed by atoms with E-state index in [9.17, 15) is 4.79 Å². The van der Waals surface area contributed by atoms with E-state index >= 15 is 0 Å². The molecule has 0 spiro atoms. The third kappa shape index (κ3) is 3.13. The summed E-state index contributed by atoms with van der Waals surface area (Å²) in [6, 6.07) is 5.72. The lowest BCUT2D eigenvalue weighted by molar-refractivity contribution is -0.136. The monoisotopic (exact) mass is 261 g/mol.